The Morgan fingerprint density at radius 3 is 1.02 bits per heavy atom. The molecule has 0 saturated heterocycles. The molecule has 0 radical (unpaired) electrons. The Labute approximate surface area is 400 Å². The number of amides is 1. The van der Waals surface area contributed by atoms with Crippen LogP contribution in [0, 0.1) is 0 Å². The van der Waals surface area contributed by atoms with Crippen molar-refractivity contribution < 1.29 is 15.0 Å². The van der Waals surface area contributed by atoms with Gasteiger partial charge in [0.15, 0.2) is 0 Å². The number of allylic oxidation sites excluding steroid dienone is 9. The van der Waals surface area contributed by atoms with E-state index < -0.39 is 12.1 Å². The van der Waals surface area contributed by atoms with Gasteiger partial charge in [-0.3, -0.25) is 4.79 Å². The summed E-state index contributed by atoms with van der Waals surface area (Å²) in [7, 11) is 0. The van der Waals surface area contributed by atoms with E-state index in [1.807, 2.05) is 6.08 Å². The van der Waals surface area contributed by atoms with E-state index in [4.69, 9.17) is 0 Å². The second-order valence-corrected chi connectivity index (χ2v) is 19.3. The highest BCUT2D eigenvalue weighted by molar-refractivity contribution is 5.76. The molecule has 0 saturated carbocycles. The number of unbranched alkanes of at least 4 members (excludes halogenated alkanes) is 37. The molecule has 4 heteroatoms. The Morgan fingerprint density at radius 2 is 0.656 bits per heavy atom. The second-order valence-electron chi connectivity index (χ2n) is 19.3. The number of aliphatic hydroxyl groups excluding tert-OH is 2. The van der Waals surface area contributed by atoms with Crippen LogP contribution in [-0.4, -0.2) is 34.9 Å². The maximum atomic E-state index is 12.5. The van der Waals surface area contributed by atoms with Gasteiger partial charge < -0.3 is 15.5 Å². The van der Waals surface area contributed by atoms with Crippen molar-refractivity contribution in [1.29, 1.82) is 0 Å². The minimum absolute atomic E-state index is 0.0717. The SMILES string of the molecule is CCCCCCC/C=C\C/C=C\C/C=C\CCCCCCCCCCCCCCCCCCC(=O)NC(CO)C(O)/C=C/CC/C=C/CCCCCCCCCCCCCCCCC. The summed E-state index contributed by atoms with van der Waals surface area (Å²) in [5, 5.41) is 23.1. The van der Waals surface area contributed by atoms with Crippen LogP contribution >= 0.6 is 0 Å². The zero-order valence-electron chi connectivity index (χ0n) is 43.1. The summed E-state index contributed by atoms with van der Waals surface area (Å²) in [6.45, 7) is 4.31. The first-order valence-corrected chi connectivity index (χ1v) is 28.5. The van der Waals surface area contributed by atoms with Gasteiger partial charge in [-0.2, -0.15) is 0 Å². The number of hydrogen-bond acceptors (Lipinski definition) is 3. The first kappa shape index (κ1) is 62.1. The minimum Gasteiger partial charge on any atom is -0.394 e. The highest BCUT2D eigenvalue weighted by atomic mass is 16.3. The van der Waals surface area contributed by atoms with Crippen LogP contribution in [0.3, 0.4) is 0 Å². The standard InChI is InChI=1S/C60H111NO3/c1-3-5-7-9-11-13-15-17-19-21-23-25-26-27-28-29-30-31-32-33-34-36-38-40-42-44-46-48-50-52-54-56-60(64)61-58(57-62)59(63)55-53-51-49-47-45-43-41-39-37-35-24-22-20-18-16-14-12-10-8-6-4-2/h15,17,21,23,26-27,45,47,53,55,58-59,62-63H,3-14,16,18-20,22,24-25,28-44,46,48-52,54,56-57H2,1-2H3,(H,61,64)/b17-15-,23-21-,27-26-,47-45+,55-53+. The molecule has 64 heavy (non-hydrogen) atoms. The lowest BCUT2D eigenvalue weighted by Gasteiger charge is -2.19. The van der Waals surface area contributed by atoms with Crippen LogP contribution in [0.1, 0.15) is 296 Å². The van der Waals surface area contributed by atoms with Crippen LogP contribution in [0.2, 0.25) is 0 Å². The van der Waals surface area contributed by atoms with Crippen molar-refractivity contribution in [3.05, 3.63) is 60.8 Å². The van der Waals surface area contributed by atoms with Gasteiger partial charge in [0.2, 0.25) is 5.91 Å². The van der Waals surface area contributed by atoms with Crippen LogP contribution in [0.5, 0.6) is 0 Å². The molecule has 2 atom stereocenters. The van der Waals surface area contributed by atoms with Crippen molar-refractivity contribution in [3.8, 4) is 0 Å². The van der Waals surface area contributed by atoms with E-state index in [1.54, 1.807) is 6.08 Å². The quantitative estimate of drug-likeness (QED) is 0.0421. The molecule has 0 aromatic carbocycles. The van der Waals surface area contributed by atoms with Crippen LogP contribution in [-0.2, 0) is 4.79 Å². The Morgan fingerprint density at radius 1 is 0.375 bits per heavy atom. The normalized spacial score (nSPS) is 13.2. The fraction of sp³-hybridized carbons (Fsp3) is 0.817. The van der Waals surface area contributed by atoms with Gasteiger partial charge in [0.1, 0.15) is 0 Å². The van der Waals surface area contributed by atoms with Gasteiger partial charge in [0.25, 0.3) is 0 Å². The van der Waals surface area contributed by atoms with Gasteiger partial charge in [-0.05, 0) is 70.6 Å². The predicted octanol–water partition coefficient (Wildman–Crippen LogP) is 18.8. The smallest absolute Gasteiger partial charge is 0.220 e. The lowest BCUT2D eigenvalue weighted by molar-refractivity contribution is -0.123. The van der Waals surface area contributed by atoms with Crippen molar-refractivity contribution in [1.82, 2.24) is 5.32 Å². The molecule has 0 aromatic heterocycles. The molecule has 1 amide bonds. The van der Waals surface area contributed by atoms with E-state index in [1.165, 1.54) is 231 Å². The monoisotopic (exact) mass is 894 g/mol. The summed E-state index contributed by atoms with van der Waals surface area (Å²) in [5.41, 5.74) is 0. The van der Waals surface area contributed by atoms with Crippen LogP contribution < -0.4 is 5.32 Å². The summed E-state index contributed by atoms with van der Waals surface area (Å²) in [5.74, 6) is -0.0717. The third-order valence-corrected chi connectivity index (χ3v) is 13.0. The van der Waals surface area contributed by atoms with Gasteiger partial charge in [-0.1, -0.05) is 280 Å². The second kappa shape index (κ2) is 55.4. The topological polar surface area (TPSA) is 69.6 Å². The molecule has 0 spiro atoms. The van der Waals surface area contributed by atoms with Crippen molar-refractivity contribution in [3.63, 3.8) is 0 Å². The fourth-order valence-electron chi connectivity index (χ4n) is 8.62. The zero-order chi connectivity index (χ0) is 46.3. The molecule has 0 aliphatic rings. The maximum Gasteiger partial charge on any atom is 0.220 e. The van der Waals surface area contributed by atoms with Crippen LogP contribution in [0.25, 0.3) is 0 Å². The zero-order valence-corrected chi connectivity index (χ0v) is 43.1. The largest absolute Gasteiger partial charge is 0.394 e. The van der Waals surface area contributed by atoms with Crippen molar-refractivity contribution in [2.45, 2.75) is 309 Å². The molecule has 0 fully saturated rings. The predicted molar refractivity (Wildman–Crippen MR) is 285 cm³/mol. The fourth-order valence-corrected chi connectivity index (χ4v) is 8.62. The van der Waals surface area contributed by atoms with Gasteiger partial charge >= 0.3 is 0 Å². The number of carbonyl (C=O) groups is 1. The van der Waals surface area contributed by atoms with Crippen molar-refractivity contribution >= 4 is 5.91 Å². The highest BCUT2D eigenvalue weighted by Gasteiger charge is 2.18. The van der Waals surface area contributed by atoms with Gasteiger partial charge in [0.05, 0.1) is 18.8 Å². The molecular weight excluding hydrogens is 783 g/mol. The number of nitrogens with one attached hydrogen (secondary N) is 1. The molecule has 0 rings (SSSR count). The molecular formula is C60H111NO3. The lowest BCUT2D eigenvalue weighted by atomic mass is 10.0. The highest BCUT2D eigenvalue weighted by Crippen LogP contribution is 2.16. The number of carbonyl (C=O) groups excluding carboxylic acids is 1. The van der Waals surface area contributed by atoms with E-state index in [0.717, 1.165) is 44.9 Å². The lowest BCUT2D eigenvalue weighted by Crippen LogP contribution is -2.45. The third-order valence-electron chi connectivity index (χ3n) is 13.0. The van der Waals surface area contributed by atoms with Gasteiger partial charge in [-0.25, -0.2) is 0 Å². The Kier molecular flexibility index (Phi) is 53.8. The Balaban J connectivity index is 3.52. The molecule has 2 unspecified atom stereocenters. The molecule has 4 nitrogen and oxygen atoms in total. The van der Waals surface area contributed by atoms with Crippen LogP contribution in [0.4, 0.5) is 0 Å². The maximum absolute atomic E-state index is 12.5. The van der Waals surface area contributed by atoms with E-state index in [2.05, 4.69) is 67.8 Å². The molecule has 3 N–H and O–H groups in total. The molecule has 0 aliphatic heterocycles. The first-order chi connectivity index (χ1) is 31.7. The Hall–Kier alpha value is -1.91. The molecule has 0 aromatic rings. The minimum atomic E-state index is -0.864. The summed E-state index contributed by atoms with van der Waals surface area (Å²) in [4.78, 5) is 12.5. The van der Waals surface area contributed by atoms with Crippen LogP contribution in [0.15, 0.2) is 60.8 Å². The van der Waals surface area contributed by atoms with Gasteiger partial charge in [0, 0.05) is 6.42 Å². The number of aliphatic hydroxyl groups is 2. The molecule has 0 bridgehead atoms. The van der Waals surface area contributed by atoms with E-state index in [0.29, 0.717) is 6.42 Å². The van der Waals surface area contributed by atoms with E-state index in [9.17, 15) is 15.0 Å². The van der Waals surface area contributed by atoms with Gasteiger partial charge in [-0.15, -0.1) is 0 Å². The average Bonchev–Trinajstić information content (AvgIpc) is 3.30. The average molecular weight is 895 g/mol. The first-order valence-electron chi connectivity index (χ1n) is 28.5. The number of rotatable bonds is 52. The summed E-state index contributed by atoms with van der Waals surface area (Å²) in [6, 6.07) is -0.641. The summed E-state index contributed by atoms with van der Waals surface area (Å²) >= 11 is 0. The Bertz CT molecular complexity index is 1060. The molecule has 0 aliphatic carbocycles. The van der Waals surface area contributed by atoms with Crippen molar-refractivity contribution in [2.75, 3.05) is 6.61 Å². The molecule has 374 valence electrons. The van der Waals surface area contributed by atoms with E-state index in [-0.39, 0.29) is 12.5 Å². The summed E-state index contributed by atoms with van der Waals surface area (Å²) in [6.07, 6.45) is 78.1. The molecule has 0 heterocycles. The summed E-state index contributed by atoms with van der Waals surface area (Å²) < 4.78 is 0. The number of hydrogen-bond donors (Lipinski definition) is 3. The third kappa shape index (κ3) is 51.1. The van der Waals surface area contributed by atoms with E-state index >= 15 is 0 Å². The van der Waals surface area contributed by atoms with Crippen molar-refractivity contribution in [2.24, 2.45) is 0 Å².